The number of benzene rings is 1. The molecule has 0 aliphatic carbocycles. The Morgan fingerprint density at radius 3 is 2.28 bits per heavy atom. The molecule has 0 unspecified atom stereocenters. The summed E-state index contributed by atoms with van der Waals surface area (Å²) < 4.78 is 0. The molecule has 0 radical (unpaired) electrons. The van der Waals surface area contributed by atoms with Crippen molar-refractivity contribution in [1.29, 1.82) is 0 Å². The average Bonchev–Trinajstić information content (AvgIpc) is 2.35. The van der Waals surface area contributed by atoms with Crippen LogP contribution >= 0.6 is 0 Å². The maximum absolute atomic E-state index is 5.46. The monoisotopic (exact) mass is 248 g/mol. The van der Waals surface area contributed by atoms with Gasteiger partial charge in [-0.25, -0.2) is 0 Å². The van der Waals surface area contributed by atoms with Crippen molar-refractivity contribution in [2.24, 2.45) is 11.7 Å². The lowest BCUT2D eigenvalue weighted by Crippen LogP contribution is -2.19. The Morgan fingerprint density at radius 2 is 1.67 bits per heavy atom. The summed E-state index contributed by atoms with van der Waals surface area (Å²) in [5, 5.41) is 3.46. The Bertz CT molecular complexity index is 303. The van der Waals surface area contributed by atoms with Crippen LogP contribution in [0.1, 0.15) is 37.8 Å². The molecule has 1 rings (SSSR count). The fraction of sp³-hybridized carbons (Fsp3) is 0.625. The van der Waals surface area contributed by atoms with Gasteiger partial charge in [-0.05, 0) is 62.4 Å². The van der Waals surface area contributed by atoms with E-state index in [4.69, 9.17) is 5.73 Å². The van der Waals surface area contributed by atoms with Crippen LogP contribution in [0.4, 0.5) is 0 Å². The first kappa shape index (κ1) is 15.2. The molecule has 0 spiro atoms. The van der Waals surface area contributed by atoms with Gasteiger partial charge in [0, 0.05) is 0 Å². The van der Waals surface area contributed by atoms with E-state index in [0.29, 0.717) is 0 Å². The minimum atomic E-state index is 0.736. The lowest BCUT2D eigenvalue weighted by Gasteiger charge is -2.07. The van der Waals surface area contributed by atoms with Crippen LogP contribution < -0.4 is 11.1 Å². The third-order valence-electron chi connectivity index (χ3n) is 3.07. The van der Waals surface area contributed by atoms with Crippen molar-refractivity contribution in [1.82, 2.24) is 5.32 Å². The molecule has 3 N–H and O–H groups in total. The quantitative estimate of drug-likeness (QED) is 0.660. The van der Waals surface area contributed by atoms with E-state index >= 15 is 0 Å². The second kappa shape index (κ2) is 9.12. The SMILES string of the molecule is CC(C)Cc1ccc(CCNCCCCN)cc1. The summed E-state index contributed by atoms with van der Waals surface area (Å²) in [6, 6.07) is 9.06. The number of unbranched alkanes of at least 4 members (excludes halogenated alkanes) is 1. The molecule has 0 aliphatic heterocycles. The van der Waals surface area contributed by atoms with Crippen molar-refractivity contribution < 1.29 is 0 Å². The molecule has 0 saturated carbocycles. The minimum Gasteiger partial charge on any atom is -0.330 e. The molecule has 0 aromatic heterocycles. The lowest BCUT2D eigenvalue weighted by atomic mass is 10.0. The Morgan fingerprint density at radius 1 is 1.00 bits per heavy atom. The molecular weight excluding hydrogens is 220 g/mol. The van der Waals surface area contributed by atoms with Gasteiger partial charge in [0.2, 0.25) is 0 Å². The first-order chi connectivity index (χ1) is 8.72. The maximum Gasteiger partial charge on any atom is -0.000835 e. The number of nitrogens with one attached hydrogen (secondary N) is 1. The molecule has 0 amide bonds. The van der Waals surface area contributed by atoms with Gasteiger partial charge in [-0.1, -0.05) is 38.1 Å². The van der Waals surface area contributed by atoms with Crippen LogP contribution in [0.15, 0.2) is 24.3 Å². The predicted molar refractivity (Wildman–Crippen MR) is 79.8 cm³/mol. The smallest absolute Gasteiger partial charge is 0.000835 e. The van der Waals surface area contributed by atoms with Gasteiger partial charge in [0.05, 0.1) is 0 Å². The first-order valence-electron chi connectivity index (χ1n) is 7.21. The molecule has 0 fully saturated rings. The van der Waals surface area contributed by atoms with Crippen LogP contribution in [0.25, 0.3) is 0 Å². The number of hydrogen-bond acceptors (Lipinski definition) is 2. The van der Waals surface area contributed by atoms with Crippen molar-refractivity contribution in [3.63, 3.8) is 0 Å². The van der Waals surface area contributed by atoms with E-state index in [1.807, 2.05) is 0 Å². The second-order valence-corrected chi connectivity index (χ2v) is 5.41. The van der Waals surface area contributed by atoms with Crippen LogP contribution in [0.2, 0.25) is 0 Å². The highest BCUT2D eigenvalue weighted by molar-refractivity contribution is 5.23. The van der Waals surface area contributed by atoms with Crippen molar-refractivity contribution >= 4 is 0 Å². The summed E-state index contributed by atoms with van der Waals surface area (Å²) in [4.78, 5) is 0. The molecular formula is C16H28N2. The van der Waals surface area contributed by atoms with Gasteiger partial charge < -0.3 is 11.1 Å². The summed E-state index contributed by atoms with van der Waals surface area (Å²) in [6.07, 6.45) is 4.60. The van der Waals surface area contributed by atoms with Crippen LogP contribution in [0.3, 0.4) is 0 Å². The van der Waals surface area contributed by atoms with Gasteiger partial charge in [0.1, 0.15) is 0 Å². The van der Waals surface area contributed by atoms with E-state index in [-0.39, 0.29) is 0 Å². The lowest BCUT2D eigenvalue weighted by molar-refractivity contribution is 0.626. The van der Waals surface area contributed by atoms with E-state index in [2.05, 4.69) is 43.4 Å². The second-order valence-electron chi connectivity index (χ2n) is 5.41. The molecule has 1 aromatic carbocycles. The predicted octanol–water partition coefficient (Wildman–Crippen LogP) is 2.76. The Hall–Kier alpha value is -0.860. The van der Waals surface area contributed by atoms with Crippen LogP contribution in [-0.4, -0.2) is 19.6 Å². The van der Waals surface area contributed by atoms with Crippen molar-refractivity contribution in [2.45, 2.75) is 39.5 Å². The molecule has 0 bridgehead atoms. The molecule has 0 heterocycles. The highest BCUT2D eigenvalue weighted by Gasteiger charge is 1.98. The maximum atomic E-state index is 5.46. The van der Waals surface area contributed by atoms with Gasteiger partial charge in [-0.3, -0.25) is 0 Å². The fourth-order valence-corrected chi connectivity index (χ4v) is 2.07. The standard InChI is InChI=1S/C16H28N2/c1-14(2)13-16-7-5-15(6-8-16)9-12-18-11-4-3-10-17/h5-8,14,18H,3-4,9-13,17H2,1-2H3. The summed E-state index contributed by atoms with van der Waals surface area (Å²) in [5.74, 6) is 0.736. The fourth-order valence-electron chi connectivity index (χ4n) is 2.07. The highest BCUT2D eigenvalue weighted by atomic mass is 14.8. The summed E-state index contributed by atoms with van der Waals surface area (Å²) >= 11 is 0. The highest BCUT2D eigenvalue weighted by Crippen LogP contribution is 2.09. The number of rotatable bonds is 9. The van der Waals surface area contributed by atoms with Gasteiger partial charge in [-0.2, -0.15) is 0 Å². The summed E-state index contributed by atoms with van der Waals surface area (Å²) in [7, 11) is 0. The van der Waals surface area contributed by atoms with Gasteiger partial charge in [-0.15, -0.1) is 0 Å². The number of nitrogens with two attached hydrogens (primary N) is 1. The third-order valence-corrected chi connectivity index (χ3v) is 3.07. The molecule has 2 nitrogen and oxygen atoms in total. The van der Waals surface area contributed by atoms with Crippen LogP contribution in [-0.2, 0) is 12.8 Å². The largest absolute Gasteiger partial charge is 0.330 e. The van der Waals surface area contributed by atoms with Crippen molar-refractivity contribution in [3.8, 4) is 0 Å². The normalized spacial score (nSPS) is 11.1. The van der Waals surface area contributed by atoms with E-state index in [9.17, 15) is 0 Å². The zero-order valence-corrected chi connectivity index (χ0v) is 11.9. The zero-order valence-electron chi connectivity index (χ0n) is 11.9. The van der Waals surface area contributed by atoms with Gasteiger partial charge >= 0.3 is 0 Å². The molecule has 0 atom stereocenters. The Labute approximate surface area is 112 Å². The third kappa shape index (κ3) is 6.77. The van der Waals surface area contributed by atoms with Crippen molar-refractivity contribution in [3.05, 3.63) is 35.4 Å². The Kier molecular flexibility index (Phi) is 7.70. The molecule has 18 heavy (non-hydrogen) atoms. The summed E-state index contributed by atoms with van der Waals surface area (Å²) in [6.45, 7) is 7.48. The zero-order chi connectivity index (χ0) is 13.2. The number of hydrogen-bond donors (Lipinski definition) is 2. The molecule has 0 saturated heterocycles. The van der Waals surface area contributed by atoms with Gasteiger partial charge in [0.25, 0.3) is 0 Å². The summed E-state index contributed by atoms with van der Waals surface area (Å²) in [5.41, 5.74) is 8.33. The topological polar surface area (TPSA) is 38.0 Å². The molecule has 0 aliphatic rings. The average molecular weight is 248 g/mol. The van der Waals surface area contributed by atoms with Crippen LogP contribution in [0, 0.1) is 5.92 Å². The molecule has 2 heteroatoms. The van der Waals surface area contributed by atoms with E-state index in [0.717, 1.165) is 38.4 Å². The van der Waals surface area contributed by atoms with E-state index in [1.54, 1.807) is 0 Å². The molecule has 1 aromatic rings. The van der Waals surface area contributed by atoms with E-state index < -0.39 is 0 Å². The Balaban J connectivity index is 2.18. The minimum absolute atomic E-state index is 0.736. The first-order valence-corrected chi connectivity index (χ1v) is 7.21. The van der Waals surface area contributed by atoms with E-state index in [1.165, 1.54) is 24.0 Å². The molecule has 102 valence electrons. The van der Waals surface area contributed by atoms with Gasteiger partial charge in [0.15, 0.2) is 0 Å². The van der Waals surface area contributed by atoms with Crippen molar-refractivity contribution in [2.75, 3.05) is 19.6 Å². The van der Waals surface area contributed by atoms with Crippen LogP contribution in [0.5, 0.6) is 0 Å².